The maximum absolute atomic E-state index is 10.8. The van der Waals surface area contributed by atoms with Gasteiger partial charge in [-0.25, -0.2) is 0 Å². The molecule has 0 aliphatic heterocycles. The molecule has 0 unspecified atom stereocenters. The lowest BCUT2D eigenvalue weighted by atomic mass is 10.1. The Balaban J connectivity index is 3.05. The second kappa shape index (κ2) is 3.52. The van der Waals surface area contributed by atoms with E-state index in [9.17, 15) is 4.79 Å². The molecule has 0 atom stereocenters. The molecule has 1 aromatic rings. The quantitative estimate of drug-likeness (QED) is 0.595. The average Bonchev–Trinajstić information content (AvgIpc) is 2.07. The van der Waals surface area contributed by atoms with Crippen molar-refractivity contribution < 1.29 is 4.79 Å². The number of amides is 1. The van der Waals surface area contributed by atoms with E-state index in [1.54, 1.807) is 18.3 Å². The molecule has 62 valence electrons. The van der Waals surface area contributed by atoms with Gasteiger partial charge in [0.1, 0.15) is 0 Å². The van der Waals surface area contributed by atoms with E-state index < -0.39 is 5.91 Å². The molecule has 4 heteroatoms. The van der Waals surface area contributed by atoms with Crippen LogP contribution in [0.4, 0.5) is 0 Å². The Morgan fingerprint density at radius 2 is 2.33 bits per heavy atom. The molecule has 1 aromatic heterocycles. The van der Waals surface area contributed by atoms with Gasteiger partial charge in [0.15, 0.2) is 0 Å². The fourth-order valence-corrected chi connectivity index (χ4v) is 0.843. The molecule has 0 bridgehead atoms. The zero-order valence-corrected chi connectivity index (χ0v) is 6.40. The summed E-state index contributed by atoms with van der Waals surface area (Å²) in [5.41, 5.74) is 11.2. The lowest BCUT2D eigenvalue weighted by Crippen LogP contribution is -2.14. The summed E-state index contributed by atoms with van der Waals surface area (Å²) in [6, 6.07) is 3.43. The third-order valence-electron chi connectivity index (χ3n) is 1.40. The molecule has 0 radical (unpaired) electrons. The van der Waals surface area contributed by atoms with Crippen molar-refractivity contribution in [3.05, 3.63) is 36.3 Å². The molecule has 0 aliphatic carbocycles. The van der Waals surface area contributed by atoms with Crippen LogP contribution in [-0.2, 0) is 4.79 Å². The zero-order valence-electron chi connectivity index (χ0n) is 6.40. The number of carbonyl (C=O) groups excluding carboxylic acids is 1. The third kappa shape index (κ3) is 1.60. The Hall–Kier alpha value is -1.84. The molecule has 0 fully saturated rings. The summed E-state index contributed by atoms with van der Waals surface area (Å²) in [7, 11) is 0. The topological polar surface area (TPSA) is 82.0 Å². The Morgan fingerprint density at radius 3 is 2.75 bits per heavy atom. The summed E-state index contributed by atoms with van der Waals surface area (Å²) in [5, 5.41) is 0. The number of carbonyl (C=O) groups is 1. The lowest BCUT2D eigenvalue weighted by Gasteiger charge is -1.99. The summed E-state index contributed by atoms with van der Waals surface area (Å²) >= 11 is 0. The predicted octanol–water partition coefficient (Wildman–Crippen LogP) is -0.134. The number of primary amides is 1. The molecule has 0 aliphatic rings. The minimum Gasteiger partial charge on any atom is -0.404 e. The Labute approximate surface area is 69.9 Å². The van der Waals surface area contributed by atoms with Gasteiger partial charge in [0, 0.05) is 24.2 Å². The van der Waals surface area contributed by atoms with Crippen molar-refractivity contribution >= 4 is 11.5 Å². The van der Waals surface area contributed by atoms with Crippen LogP contribution in [0.15, 0.2) is 30.7 Å². The number of hydrogen-bond acceptors (Lipinski definition) is 3. The summed E-state index contributed by atoms with van der Waals surface area (Å²) in [5.74, 6) is -0.550. The molecular weight excluding hydrogens is 154 g/mol. The fraction of sp³-hybridized carbons (Fsp3) is 0. The van der Waals surface area contributed by atoms with Crippen LogP contribution in [0.1, 0.15) is 5.56 Å². The smallest absolute Gasteiger partial charge is 0.250 e. The Bertz CT molecular complexity index is 305. The summed E-state index contributed by atoms with van der Waals surface area (Å²) in [4.78, 5) is 14.6. The van der Waals surface area contributed by atoms with Gasteiger partial charge in [-0.2, -0.15) is 0 Å². The first kappa shape index (κ1) is 8.26. The number of aromatic nitrogens is 1. The molecule has 0 saturated heterocycles. The van der Waals surface area contributed by atoms with E-state index >= 15 is 0 Å². The molecule has 12 heavy (non-hydrogen) atoms. The first-order chi connectivity index (χ1) is 5.75. The molecule has 1 amide bonds. The number of nitrogens with two attached hydrogens (primary N) is 2. The molecule has 0 spiro atoms. The second-order valence-corrected chi connectivity index (χ2v) is 2.19. The largest absolute Gasteiger partial charge is 0.404 e. The number of rotatable bonds is 2. The monoisotopic (exact) mass is 163 g/mol. The Kier molecular flexibility index (Phi) is 2.42. The maximum atomic E-state index is 10.8. The van der Waals surface area contributed by atoms with Gasteiger partial charge < -0.3 is 11.5 Å². The highest BCUT2D eigenvalue weighted by Gasteiger charge is 2.05. The molecule has 1 rings (SSSR count). The van der Waals surface area contributed by atoms with Crippen molar-refractivity contribution in [3.63, 3.8) is 0 Å². The molecule has 0 saturated carbocycles. The van der Waals surface area contributed by atoms with E-state index in [1.807, 2.05) is 0 Å². The highest BCUT2D eigenvalue weighted by molar-refractivity contribution is 6.18. The molecule has 1 heterocycles. The second-order valence-electron chi connectivity index (χ2n) is 2.19. The zero-order chi connectivity index (χ0) is 8.97. The minimum absolute atomic E-state index is 0.281. The van der Waals surface area contributed by atoms with E-state index in [0.29, 0.717) is 5.56 Å². The highest BCUT2D eigenvalue weighted by Crippen LogP contribution is 2.09. The van der Waals surface area contributed by atoms with Crippen molar-refractivity contribution in [2.45, 2.75) is 0 Å². The number of pyridine rings is 1. The summed E-state index contributed by atoms with van der Waals surface area (Å²) in [6.45, 7) is 0. The molecular formula is C8H9N3O. The van der Waals surface area contributed by atoms with E-state index in [1.165, 1.54) is 12.4 Å². The normalized spacial score (nSPS) is 11.2. The lowest BCUT2D eigenvalue weighted by molar-refractivity contribution is -0.112. The van der Waals surface area contributed by atoms with Crippen LogP contribution in [-0.4, -0.2) is 10.9 Å². The van der Waals surface area contributed by atoms with Crippen LogP contribution < -0.4 is 11.5 Å². The SMILES string of the molecule is NC=C(C(N)=O)c1cccnc1. The highest BCUT2D eigenvalue weighted by atomic mass is 16.1. The van der Waals surface area contributed by atoms with E-state index in [0.717, 1.165) is 0 Å². The van der Waals surface area contributed by atoms with Gasteiger partial charge in [-0.3, -0.25) is 9.78 Å². The molecule has 0 aromatic carbocycles. The van der Waals surface area contributed by atoms with Crippen molar-refractivity contribution in [2.24, 2.45) is 11.5 Å². The van der Waals surface area contributed by atoms with E-state index in [4.69, 9.17) is 11.5 Å². The van der Waals surface area contributed by atoms with Gasteiger partial charge in [0.05, 0.1) is 5.57 Å². The summed E-state index contributed by atoms with van der Waals surface area (Å²) in [6.07, 6.45) is 4.32. The van der Waals surface area contributed by atoms with Crippen molar-refractivity contribution in [3.8, 4) is 0 Å². The van der Waals surface area contributed by atoms with Gasteiger partial charge in [-0.15, -0.1) is 0 Å². The van der Waals surface area contributed by atoms with Crippen molar-refractivity contribution in [1.82, 2.24) is 4.98 Å². The van der Waals surface area contributed by atoms with Crippen LogP contribution in [0.25, 0.3) is 5.57 Å². The van der Waals surface area contributed by atoms with Crippen LogP contribution in [0.3, 0.4) is 0 Å². The van der Waals surface area contributed by atoms with E-state index in [2.05, 4.69) is 4.98 Å². The van der Waals surface area contributed by atoms with Gasteiger partial charge in [-0.05, 0) is 6.07 Å². The van der Waals surface area contributed by atoms with Crippen molar-refractivity contribution in [1.29, 1.82) is 0 Å². The van der Waals surface area contributed by atoms with Gasteiger partial charge in [-0.1, -0.05) is 6.07 Å². The van der Waals surface area contributed by atoms with Crippen LogP contribution in [0.2, 0.25) is 0 Å². The summed E-state index contributed by atoms with van der Waals surface area (Å²) < 4.78 is 0. The minimum atomic E-state index is -0.550. The first-order valence-electron chi connectivity index (χ1n) is 3.38. The van der Waals surface area contributed by atoms with Gasteiger partial charge in [0.25, 0.3) is 5.91 Å². The van der Waals surface area contributed by atoms with E-state index in [-0.39, 0.29) is 5.57 Å². The third-order valence-corrected chi connectivity index (χ3v) is 1.40. The van der Waals surface area contributed by atoms with Crippen LogP contribution >= 0.6 is 0 Å². The first-order valence-corrected chi connectivity index (χ1v) is 3.38. The van der Waals surface area contributed by atoms with Crippen LogP contribution in [0.5, 0.6) is 0 Å². The van der Waals surface area contributed by atoms with Crippen molar-refractivity contribution in [2.75, 3.05) is 0 Å². The van der Waals surface area contributed by atoms with Crippen LogP contribution in [0, 0.1) is 0 Å². The fourth-order valence-electron chi connectivity index (χ4n) is 0.843. The number of hydrogen-bond donors (Lipinski definition) is 2. The molecule has 4 N–H and O–H groups in total. The predicted molar refractivity (Wildman–Crippen MR) is 45.6 cm³/mol. The van der Waals surface area contributed by atoms with Gasteiger partial charge in [0.2, 0.25) is 0 Å². The van der Waals surface area contributed by atoms with Gasteiger partial charge >= 0.3 is 0 Å². The number of nitrogens with zero attached hydrogens (tertiary/aromatic N) is 1. The Morgan fingerprint density at radius 1 is 1.58 bits per heavy atom. The molecule has 4 nitrogen and oxygen atoms in total. The standard InChI is InChI=1S/C8H9N3O/c9-4-7(8(10)12)6-2-1-3-11-5-6/h1-5H,9H2,(H2,10,12). The maximum Gasteiger partial charge on any atom is 0.250 e. The average molecular weight is 163 g/mol.